The van der Waals surface area contributed by atoms with Crippen molar-refractivity contribution in [1.82, 2.24) is 28.9 Å². The molecule has 32 heavy (non-hydrogen) atoms. The average Bonchev–Trinajstić information content (AvgIpc) is 3.14. The molecule has 1 saturated heterocycles. The molecular weight excluding hydrogens is 410 g/mol. The molecule has 1 aliphatic rings. The predicted molar refractivity (Wildman–Crippen MR) is 119 cm³/mol. The molecule has 5 heterocycles. The fraction of sp³-hybridized carbons (Fsp3) is 0.318. The number of hydrogen-bond acceptors (Lipinski definition) is 6. The number of carboxylic acid groups (broad SMARTS) is 1. The number of hydrogen-bond donors (Lipinski definition) is 1. The molecule has 5 rings (SSSR count). The number of piperazine rings is 1. The SMILES string of the molecule is Cc1cc2cc(-c3nc(=O)n4cc(N5CCN(C(=O)O)C(C)C5)ccc4n3)cc(C)n2n1. The molecule has 1 amide bonds. The Labute approximate surface area is 183 Å². The normalized spacial score (nSPS) is 16.8. The first-order chi connectivity index (χ1) is 15.3. The lowest BCUT2D eigenvalue weighted by Crippen LogP contribution is -2.53. The minimum atomic E-state index is -0.910. The number of aryl methyl sites for hydroxylation is 2. The van der Waals surface area contributed by atoms with Crippen LogP contribution in [0.3, 0.4) is 0 Å². The summed E-state index contributed by atoms with van der Waals surface area (Å²) in [7, 11) is 0. The largest absolute Gasteiger partial charge is 0.465 e. The lowest BCUT2D eigenvalue weighted by molar-refractivity contribution is 0.122. The molecule has 1 atom stereocenters. The molecule has 10 nitrogen and oxygen atoms in total. The zero-order valence-corrected chi connectivity index (χ0v) is 18.1. The van der Waals surface area contributed by atoms with E-state index >= 15 is 0 Å². The summed E-state index contributed by atoms with van der Waals surface area (Å²) in [4.78, 5) is 36.5. The van der Waals surface area contributed by atoms with Crippen molar-refractivity contribution in [2.24, 2.45) is 0 Å². The average molecular weight is 433 g/mol. The number of nitrogens with zero attached hydrogens (tertiary/aromatic N) is 7. The van der Waals surface area contributed by atoms with E-state index in [9.17, 15) is 14.7 Å². The highest BCUT2D eigenvalue weighted by Gasteiger charge is 2.27. The van der Waals surface area contributed by atoms with Crippen molar-refractivity contribution in [3.8, 4) is 11.4 Å². The summed E-state index contributed by atoms with van der Waals surface area (Å²) in [6, 6.07) is 9.38. The molecule has 4 aromatic rings. The maximum Gasteiger partial charge on any atom is 0.407 e. The van der Waals surface area contributed by atoms with Gasteiger partial charge in [-0.2, -0.15) is 10.1 Å². The molecule has 0 radical (unpaired) electrons. The van der Waals surface area contributed by atoms with Crippen molar-refractivity contribution >= 4 is 22.9 Å². The van der Waals surface area contributed by atoms with Crippen LogP contribution in [0, 0.1) is 13.8 Å². The molecule has 1 N–H and O–H groups in total. The second-order valence-electron chi connectivity index (χ2n) is 8.22. The van der Waals surface area contributed by atoms with Crippen LogP contribution in [-0.4, -0.2) is 65.8 Å². The van der Waals surface area contributed by atoms with Crippen LogP contribution in [0.25, 0.3) is 22.6 Å². The van der Waals surface area contributed by atoms with E-state index in [1.54, 1.807) is 12.3 Å². The van der Waals surface area contributed by atoms with Crippen LogP contribution in [0.1, 0.15) is 18.3 Å². The quantitative estimate of drug-likeness (QED) is 0.516. The third kappa shape index (κ3) is 3.33. The fourth-order valence-corrected chi connectivity index (χ4v) is 4.32. The van der Waals surface area contributed by atoms with Crippen LogP contribution < -0.4 is 10.6 Å². The molecule has 10 heteroatoms. The highest BCUT2D eigenvalue weighted by atomic mass is 16.4. The van der Waals surface area contributed by atoms with E-state index in [4.69, 9.17) is 0 Å². The Morgan fingerprint density at radius 1 is 1.12 bits per heavy atom. The molecule has 164 valence electrons. The maximum atomic E-state index is 12.9. The fourth-order valence-electron chi connectivity index (χ4n) is 4.32. The Hall–Kier alpha value is -3.95. The topological polar surface area (TPSA) is 108 Å². The predicted octanol–water partition coefficient (Wildman–Crippen LogP) is 2.21. The minimum absolute atomic E-state index is 0.141. The smallest absolute Gasteiger partial charge is 0.407 e. The van der Waals surface area contributed by atoms with Gasteiger partial charge in [-0.25, -0.2) is 23.5 Å². The number of carbonyl (C=O) groups is 1. The van der Waals surface area contributed by atoms with Gasteiger partial charge >= 0.3 is 11.8 Å². The molecule has 0 bridgehead atoms. The van der Waals surface area contributed by atoms with E-state index in [0.29, 0.717) is 31.1 Å². The summed E-state index contributed by atoms with van der Waals surface area (Å²) in [5, 5.41) is 13.7. The Balaban J connectivity index is 1.51. The van der Waals surface area contributed by atoms with E-state index in [1.165, 1.54) is 9.30 Å². The summed E-state index contributed by atoms with van der Waals surface area (Å²) in [5.74, 6) is 0.371. The van der Waals surface area contributed by atoms with Gasteiger partial charge in [0.1, 0.15) is 5.65 Å². The van der Waals surface area contributed by atoms with E-state index in [1.807, 2.05) is 49.6 Å². The highest BCUT2D eigenvalue weighted by molar-refractivity contribution is 5.67. The first-order valence-electron chi connectivity index (χ1n) is 10.4. The lowest BCUT2D eigenvalue weighted by Gasteiger charge is -2.39. The maximum absolute atomic E-state index is 12.9. The third-order valence-corrected chi connectivity index (χ3v) is 5.90. The molecular formula is C22H23N7O3. The monoisotopic (exact) mass is 433 g/mol. The second-order valence-corrected chi connectivity index (χ2v) is 8.22. The van der Waals surface area contributed by atoms with Gasteiger partial charge in [-0.15, -0.1) is 0 Å². The van der Waals surface area contributed by atoms with Crippen LogP contribution >= 0.6 is 0 Å². The number of rotatable bonds is 2. The highest BCUT2D eigenvalue weighted by Crippen LogP contribution is 2.22. The van der Waals surface area contributed by atoms with Gasteiger partial charge in [0, 0.05) is 43.1 Å². The van der Waals surface area contributed by atoms with Crippen molar-refractivity contribution in [1.29, 1.82) is 0 Å². The van der Waals surface area contributed by atoms with E-state index in [2.05, 4.69) is 20.0 Å². The molecule has 1 fully saturated rings. The van der Waals surface area contributed by atoms with Crippen LogP contribution in [0.15, 0.2) is 41.3 Å². The van der Waals surface area contributed by atoms with Gasteiger partial charge in [-0.05, 0) is 51.1 Å². The van der Waals surface area contributed by atoms with Crippen molar-refractivity contribution < 1.29 is 9.90 Å². The van der Waals surface area contributed by atoms with Gasteiger partial charge in [0.25, 0.3) is 0 Å². The van der Waals surface area contributed by atoms with Gasteiger partial charge in [0.15, 0.2) is 5.82 Å². The number of amides is 1. The summed E-state index contributed by atoms with van der Waals surface area (Å²) >= 11 is 0. The molecule has 0 aromatic carbocycles. The van der Waals surface area contributed by atoms with Crippen molar-refractivity contribution in [3.63, 3.8) is 0 Å². The molecule has 0 spiro atoms. The van der Waals surface area contributed by atoms with Gasteiger partial charge < -0.3 is 14.9 Å². The molecule has 0 saturated carbocycles. The van der Waals surface area contributed by atoms with Gasteiger partial charge in [-0.3, -0.25) is 0 Å². The molecule has 0 aliphatic carbocycles. The van der Waals surface area contributed by atoms with Crippen molar-refractivity contribution in [2.75, 3.05) is 24.5 Å². The van der Waals surface area contributed by atoms with Gasteiger partial charge in [0.05, 0.1) is 16.9 Å². The number of anilines is 1. The van der Waals surface area contributed by atoms with Crippen molar-refractivity contribution in [2.45, 2.75) is 26.8 Å². The lowest BCUT2D eigenvalue weighted by atomic mass is 10.2. The summed E-state index contributed by atoms with van der Waals surface area (Å²) in [5.41, 5.74) is 4.45. The first kappa shape index (κ1) is 20.0. The number of aromatic nitrogens is 5. The van der Waals surface area contributed by atoms with Crippen molar-refractivity contribution in [3.05, 3.63) is 58.4 Å². The molecule has 1 aliphatic heterocycles. The number of fused-ring (bicyclic) bond motifs is 2. The Morgan fingerprint density at radius 2 is 1.94 bits per heavy atom. The van der Waals surface area contributed by atoms with Gasteiger partial charge in [-0.1, -0.05) is 0 Å². The van der Waals surface area contributed by atoms with E-state index in [0.717, 1.165) is 28.2 Å². The van der Waals surface area contributed by atoms with E-state index < -0.39 is 11.8 Å². The second kappa shape index (κ2) is 7.33. The molecule has 4 aromatic heterocycles. The van der Waals surface area contributed by atoms with E-state index in [-0.39, 0.29) is 6.04 Å². The minimum Gasteiger partial charge on any atom is -0.465 e. The third-order valence-electron chi connectivity index (χ3n) is 5.90. The molecule has 1 unspecified atom stereocenters. The Bertz CT molecular complexity index is 1420. The Morgan fingerprint density at radius 3 is 2.69 bits per heavy atom. The number of pyridine rings is 2. The van der Waals surface area contributed by atoms with Crippen LogP contribution in [0.2, 0.25) is 0 Å². The summed E-state index contributed by atoms with van der Waals surface area (Å²) in [6.07, 6.45) is 0.812. The zero-order chi connectivity index (χ0) is 22.6. The zero-order valence-electron chi connectivity index (χ0n) is 18.1. The van der Waals surface area contributed by atoms with Gasteiger partial charge in [0.2, 0.25) is 0 Å². The van der Waals surface area contributed by atoms with Crippen LogP contribution in [0.4, 0.5) is 10.5 Å². The van der Waals surface area contributed by atoms with Crippen LogP contribution in [0.5, 0.6) is 0 Å². The van der Waals surface area contributed by atoms with Crippen LogP contribution in [-0.2, 0) is 0 Å². The summed E-state index contributed by atoms with van der Waals surface area (Å²) < 4.78 is 3.28. The standard InChI is InChI=1S/C22H23N7O3/c1-13-8-18-10-16(9-14(2)29(18)25-13)20-23-19-5-4-17(12-28(19)21(30)24-20)26-6-7-27(22(31)32)15(3)11-26/h4-5,8-10,12,15H,6-7,11H2,1-3H3,(H,31,32). The first-order valence-corrected chi connectivity index (χ1v) is 10.4. The Kier molecular flexibility index (Phi) is 4.58. The summed E-state index contributed by atoms with van der Waals surface area (Å²) in [6.45, 7) is 7.28.